The first-order valence-electron chi connectivity index (χ1n) is 12.4. The molecule has 5 N–H and O–H groups in total. The lowest BCUT2D eigenvalue weighted by molar-refractivity contribution is -0.153. The minimum absolute atomic E-state index is 0.0340. The Morgan fingerprint density at radius 3 is 2.46 bits per heavy atom. The van der Waals surface area contributed by atoms with E-state index in [1.165, 1.54) is 23.1 Å². The SMILES string of the molecule is CCN1CCN(C(=O)NC(C(=O)NC2Cc3cccc(C(=O)O)c3OB2O)c2ccc(C(=O)O)cc2Cl)C(=O)C1=O. The molecule has 2 atom stereocenters. The number of carboxylic acid groups (broad SMARTS) is 2. The highest BCUT2D eigenvalue weighted by Crippen LogP contribution is 2.31. The van der Waals surface area contributed by atoms with Gasteiger partial charge in [0.15, 0.2) is 0 Å². The number of para-hydroxylation sites is 1. The summed E-state index contributed by atoms with van der Waals surface area (Å²) in [5, 5.41) is 34.0. The van der Waals surface area contributed by atoms with Crippen LogP contribution in [0, 0.1) is 0 Å². The molecule has 41 heavy (non-hydrogen) atoms. The fourth-order valence-electron chi connectivity index (χ4n) is 4.53. The van der Waals surface area contributed by atoms with E-state index in [-0.39, 0.29) is 53.5 Å². The van der Waals surface area contributed by atoms with Gasteiger partial charge in [-0.25, -0.2) is 14.4 Å². The lowest BCUT2D eigenvalue weighted by Crippen LogP contribution is -2.60. The number of carbonyl (C=O) groups excluding carboxylic acids is 4. The van der Waals surface area contributed by atoms with Crippen molar-refractivity contribution in [2.75, 3.05) is 19.6 Å². The Hall–Kier alpha value is -4.63. The number of hydrogen-bond donors (Lipinski definition) is 5. The van der Waals surface area contributed by atoms with E-state index < -0.39 is 54.8 Å². The van der Waals surface area contributed by atoms with Crippen LogP contribution >= 0.6 is 11.6 Å². The number of rotatable bonds is 7. The van der Waals surface area contributed by atoms with E-state index in [1.807, 2.05) is 0 Å². The molecule has 2 heterocycles. The predicted octanol–water partition coefficient (Wildman–Crippen LogP) is 0.317. The zero-order valence-electron chi connectivity index (χ0n) is 21.5. The number of amides is 5. The molecule has 0 aliphatic carbocycles. The van der Waals surface area contributed by atoms with E-state index in [4.69, 9.17) is 16.3 Å². The highest BCUT2D eigenvalue weighted by Gasteiger charge is 2.41. The van der Waals surface area contributed by atoms with Gasteiger partial charge in [-0.05, 0) is 37.1 Å². The van der Waals surface area contributed by atoms with Crippen molar-refractivity contribution in [1.29, 1.82) is 0 Å². The van der Waals surface area contributed by atoms with Crippen LogP contribution in [0.4, 0.5) is 4.79 Å². The summed E-state index contributed by atoms with van der Waals surface area (Å²) in [7, 11) is -1.67. The Balaban J connectivity index is 1.61. The molecule has 2 aliphatic heterocycles. The number of carbonyl (C=O) groups is 6. The van der Waals surface area contributed by atoms with Crippen LogP contribution in [-0.2, 0) is 20.8 Å². The number of halogens is 1. The largest absolute Gasteiger partial charge is 0.547 e. The van der Waals surface area contributed by atoms with Gasteiger partial charge >= 0.3 is 36.9 Å². The van der Waals surface area contributed by atoms with E-state index in [2.05, 4.69) is 10.6 Å². The van der Waals surface area contributed by atoms with Crippen LogP contribution in [0.2, 0.25) is 5.02 Å². The quantitative estimate of drug-likeness (QED) is 0.222. The maximum atomic E-state index is 13.5. The first-order chi connectivity index (χ1) is 19.4. The molecule has 214 valence electrons. The van der Waals surface area contributed by atoms with Crippen LogP contribution in [0.1, 0.15) is 44.8 Å². The van der Waals surface area contributed by atoms with Gasteiger partial charge in [-0.3, -0.25) is 19.3 Å². The predicted molar refractivity (Wildman–Crippen MR) is 141 cm³/mol. The zero-order chi connectivity index (χ0) is 30.0. The molecule has 2 aromatic rings. The maximum absolute atomic E-state index is 13.5. The molecule has 14 nitrogen and oxygen atoms in total. The molecule has 0 radical (unpaired) electrons. The van der Waals surface area contributed by atoms with Crippen LogP contribution in [0.5, 0.6) is 5.75 Å². The van der Waals surface area contributed by atoms with Gasteiger partial charge in [0.25, 0.3) is 0 Å². The minimum atomic E-state index is -1.67. The van der Waals surface area contributed by atoms with Gasteiger partial charge in [0.05, 0.1) is 17.1 Å². The molecule has 16 heteroatoms. The summed E-state index contributed by atoms with van der Waals surface area (Å²) >= 11 is 6.29. The molecular weight excluding hydrogens is 563 g/mol. The number of urea groups is 1. The van der Waals surface area contributed by atoms with Gasteiger partial charge in [-0.2, -0.15) is 0 Å². The Labute approximate surface area is 238 Å². The Morgan fingerprint density at radius 1 is 1.10 bits per heavy atom. The summed E-state index contributed by atoms with van der Waals surface area (Å²) in [6, 6.07) is 5.10. The van der Waals surface area contributed by atoms with Crippen LogP contribution in [0.3, 0.4) is 0 Å². The van der Waals surface area contributed by atoms with E-state index in [1.54, 1.807) is 13.0 Å². The number of aromatic carboxylic acids is 2. The van der Waals surface area contributed by atoms with Gasteiger partial charge in [-0.1, -0.05) is 29.8 Å². The topological polar surface area (TPSA) is 203 Å². The summed E-state index contributed by atoms with van der Waals surface area (Å²) in [6.07, 6.45) is -0.0400. The molecule has 0 saturated carbocycles. The molecule has 0 bridgehead atoms. The first-order valence-corrected chi connectivity index (χ1v) is 12.7. The molecule has 0 aromatic heterocycles. The number of hydrogen-bond acceptors (Lipinski definition) is 8. The number of fused-ring (bicyclic) bond motifs is 1. The second-order valence-corrected chi connectivity index (χ2v) is 9.60. The fraction of sp³-hybridized carbons (Fsp3) is 0.280. The molecule has 1 fully saturated rings. The van der Waals surface area contributed by atoms with E-state index >= 15 is 0 Å². The lowest BCUT2D eigenvalue weighted by atomic mass is 9.72. The van der Waals surface area contributed by atoms with Crippen molar-refractivity contribution in [2.45, 2.75) is 25.3 Å². The summed E-state index contributed by atoms with van der Waals surface area (Å²) < 4.78 is 5.40. The number of nitrogens with one attached hydrogen (secondary N) is 2. The van der Waals surface area contributed by atoms with Crippen molar-refractivity contribution >= 4 is 54.4 Å². The van der Waals surface area contributed by atoms with Crippen LogP contribution in [0.25, 0.3) is 0 Å². The average molecular weight is 587 g/mol. The van der Waals surface area contributed by atoms with Gasteiger partial charge in [0, 0.05) is 30.2 Å². The van der Waals surface area contributed by atoms with Crippen molar-refractivity contribution in [1.82, 2.24) is 20.4 Å². The van der Waals surface area contributed by atoms with E-state index in [9.17, 15) is 44.0 Å². The third kappa shape index (κ3) is 5.95. The number of piperazine rings is 1. The van der Waals surface area contributed by atoms with Gasteiger partial charge < -0.3 is 35.4 Å². The average Bonchev–Trinajstić information content (AvgIpc) is 2.93. The third-order valence-corrected chi connectivity index (χ3v) is 7.03. The maximum Gasteiger partial charge on any atom is 0.547 e. The van der Waals surface area contributed by atoms with Crippen LogP contribution < -0.4 is 15.3 Å². The number of benzene rings is 2. The highest BCUT2D eigenvalue weighted by molar-refractivity contribution is 6.47. The van der Waals surface area contributed by atoms with Crippen LogP contribution in [0.15, 0.2) is 36.4 Å². The number of likely N-dealkylation sites (N-methyl/N-ethyl adjacent to an activating group) is 1. The molecule has 5 amide bonds. The van der Waals surface area contributed by atoms with Gasteiger partial charge in [0.1, 0.15) is 11.8 Å². The third-order valence-electron chi connectivity index (χ3n) is 6.70. The number of nitrogens with zero attached hydrogens (tertiary/aromatic N) is 2. The monoisotopic (exact) mass is 586 g/mol. The summed E-state index contributed by atoms with van der Waals surface area (Å²) in [5.41, 5.74) is -0.0112. The van der Waals surface area contributed by atoms with Crippen molar-refractivity contribution in [2.24, 2.45) is 0 Å². The molecular formula is C25H24BClN4O10. The second kappa shape index (κ2) is 11.9. The molecule has 2 aliphatic rings. The van der Waals surface area contributed by atoms with Gasteiger partial charge in [-0.15, -0.1) is 0 Å². The first kappa shape index (κ1) is 29.4. The van der Waals surface area contributed by atoms with Crippen molar-refractivity contribution in [3.8, 4) is 5.75 Å². The molecule has 1 saturated heterocycles. The smallest absolute Gasteiger partial charge is 0.534 e. The second-order valence-electron chi connectivity index (χ2n) is 9.19. The van der Waals surface area contributed by atoms with E-state index in [0.717, 1.165) is 12.1 Å². The molecule has 4 rings (SSSR count). The van der Waals surface area contributed by atoms with Crippen molar-refractivity contribution < 1.29 is 48.7 Å². The fourth-order valence-corrected chi connectivity index (χ4v) is 4.82. The standard InChI is InChI=1S/C25H24BClN4O10/c1-2-30-8-9-31(22(34)21(30)33)25(39)29-18(14-7-6-13(23(35)36)10-16(14)27)20(32)28-17-11-12-4-3-5-15(24(37)38)19(12)41-26(17)40/h3-7,10,17-18,40H,2,8-9,11H2,1H3,(H,28,32)(H,29,39)(H,35,36)(H,37,38). The number of carboxylic acids is 2. The van der Waals surface area contributed by atoms with Crippen LogP contribution in [-0.4, -0.2) is 93.4 Å². The minimum Gasteiger partial charge on any atom is -0.534 e. The molecule has 2 unspecified atom stereocenters. The Morgan fingerprint density at radius 2 is 1.83 bits per heavy atom. The molecule has 2 aromatic carbocycles. The highest BCUT2D eigenvalue weighted by atomic mass is 35.5. The number of imide groups is 1. The summed E-state index contributed by atoms with van der Waals surface area (Å²) in [4.78, 5) is 76.3. The summed E-state index contributed by atoms with van der Waals surface area (Å²) in [5.74, 6) is -6.62. The summed E-state index contributed by atoms with van der Waals surface area (Å²) in [6.45, 7) is 1.89. The zero-order valence-corrected chi connectivity index (χ0v) is 22.3. The normalized spacial score (nSPS) is 17.3. The van der Waals surface area contributed by atoms with Crippen molar-refractivity contribution in [3.63, 3.8) is 0 Å². The lowest BCUT2D eigenvalue weighted by Gasteiger charge is -2.33. The van der Waals surface area contributed by atoms with E-state index in [0.29, 0.717) is 10.5 Å². The molecule has 0 spiro atoms. The van der Waals surface area contributed by atoms with Gasteiger partial charge in [0.2, 0.25) is 5.91 Å². The Kier molecular flexibility index (Phi) is 8.49. The van der Waals surface area contributed by atoms with Crippen molar-refractivity contribution in [3.05, 3.63) is 63.7 Å². The Bertz CT molecular complexity index is 1450.